The number of nitrogens with one attached hydrogen (secondary N) is 1. The number of carbonyl (C=O) groups is 1. The van der Waals surface area contributed by atoms with Gasteiger partial charge in [0.05, 0.1) is 5.54 Å². The van der Waals surface area contributed by atoms with E-state index in [-0.39, 0.29) is 5.91 Å². The van der Waals surface area contributed by atoms with Crippen molar-refractivity contribution >= 4 is 5.91 Å². The molecule has 0 aromatic carbocycles. The summed E-state index contributed by atoms with van der Waals surface area (Å²) in [6.45, 7) is 3.57. The molecule has 0 spiro atoms. The largest absolute Gasteiger partial charge is 0.347 e. The third kappa shape index (κ3) is 2.17. The summed E-state index contributed by atoms with van der Waals surface area (Å²) >= 11 is 0. The topological polar surface area (TPSA) is 34.0 Å². The minimum atomic E-state index is -0.610. The third-order valence-corrected chi connectivity index (χ3v) is 1.96. The molecule has 14 heavy (non-hydrogen) atoms. The van der Waals surface area contributed by atoms with Crippen LogP contribution < -0.4 is 5.32 Å². The van der Waals surface area contributed by atoms with E-state index in [1.807, 2.05) is 19.3 Å². The zero-order valence-corrected chi connectivity index (χ0v) is 8.66. The molecule has 0 fully saturated rings. The highest BCUT2D eigenvalue weighted by Gasteiger charge is 2.19. The van der Waals surface area contributed by atoms with E-state index in [9.17, 15) is 4.79 Å². The lowest BCUT2D eigenvalue weighted by molar-refractivity contribution is 0.0921. The molecule has 1 aromatic rings. The Labute approximate surface area is 84.1 Å². The van der Waals surface area contributed by atoms with Gasteiger partial charge in [0.15, 0.2) is 0 Å². The van der Waals surface area contributed by atoms with Crippen LogP contribution in [0.15, 0.2) is 18.3 Å². The number of amides is 1. The van der Waals surface area contributed by atoms with Crippen LogP contribution in [0.2, 0.25) is 0 Å². The standard InChI is InChI=1S/C11H14N2O/c1-5-11(2,3)12-10(14)9-7-6-8-13(9)4/h1,6-8H,2-4H3,(H,12,14). The molecule has 0 aliphatic heterocycles. The van der Waals surface area contributed by atoms with Crippen LogP contribution in [0.25, 0.3) is 0 Å². The Morgan fingerprint density at radius 1 is 1.64 bits per heavy atom. The van der Waals surface area contributed by atoms with Gasteiger partial charge >= 0.3 is 0 Å². The van der Waals surface area contributed by atoms with Gasteiger partial charge in [0.25, 0.3) is 5.91 Å². The van der Waals surface area contributed by atoms with Gasteiger partial charge in [-0.1, -0.05) is 5.92 Å². The minimum Gasteiger partial charge on any atom is -0.347 e. The van der Waals surface area contributed by atoms with Crippen molar-refractivity contribution in [3.8, 4) is 12.3 Å². The maximum absolute atomic E-state index is 11.7. The Hall–Kier alpha value is -1.69. The lowest BCUT2D eigenvalue weighted by Gasteiger charge is -2.19. The van der Waals surface area contributed by atoms with E-state index in [1.54, 1.807) is 24.5 Å². The lowest BCUT2D eigenvalue weighted by atomic mass is 10.1. The number of terminal acetylenes is 1. The Balaban J connectivity index is 2.80. The Morgan fingerprint density at radius 3 is 2.71 bits per heavy atom. The summed E-state index contributed by atoms with van der Waals surface area (Å²) in [4.78, 5) is 11.7. The van der Waals surface area contributed by atoms with Crippen molar-refractivity contribution in [2.75, 3.05) is 0 Å². The molecule has 1 rings (SSSR count). The van der Waals surface area contributed by atoms with Gasteiger partial charge in [0.2, 0.25) is 0 Å². The molecule has 1 amide bonds. The van der Waals surface area contributed by atoms with Crippen LogP contribution >= 0.6 is 0 Å². The van der Waals surface area contributed by atoms with E-state index in [0.717, 1.165) is 0 Å². The first-order valence-electron chi connectivity index (χ1n) is 4.38. The molecule has 0 unspecified atom stereocenters. The number of aryl methyl sites for hydroxylation is 1. The molecule has 3 heteroatoms. The summed E-state index contributed by atoms with van der Waals surface area (Å²) in [5.74, 6) is 2.36. The molecule has 0 aliphatic rings. The van der Waals surface area contributed by atoms with Gasteiger partial charge in [-0.15, -0.1) is 6.42 Å². The summed E-state index contributed by atoms with van der Waals surface area (Å²) in [7, 11) is 1.82. The maximum Gasteiger partial charge on any atom is 0.269 e. The summed E-state index contributed by atoms with van der Waals surface area (Å²) in [6.07, 6.45) is 7.09. The fourth-order valence-corrected chi connectivity index (χ4v) is 1.08. The number of hydrogen-bond acceptors (Lipinski definition) is 1. The van der Waals surface area contributed by atoms with Gasteiger partial charge in [-0.05, 0) is 26.0 Å². The summed E-state index contributed by atoms with van der Waals surface area (Å²) in [5, 5.41) is 2.75. The first-order valence-corrected chi connectivity index (χ1v) is 4.38. The lowest BCUT2D eigenvalue weighted by Crippen LogP contribution is -2.42. The third-order valence-electron chi connectivity index (χ3n) is 1.96. The van der Waals surface area contributed by atoms with Crippen molar-refractivity contribution in [3.63, 3.8) is 0 Å². The van der Waals surface area contributed by atoms with Gasteiger partial charge in [0.1, 0.15) is 5.69 Å². The first kappa shape index (κ1) is 10.4. The van der Waals surface area contributed by atoms with Gasteiger partial charge < -0.3 is 9.88 Å². The summed E-state index contributed by atoms with van der Waals surface area (Å²) in [6, 6.07) is 3.57. The van der Waals surface area contributed by atoms with Crippen molar-refractivity contribution in [2.24, 2.45) is 7.05 Å². The molecule has 0 saturated carbocycles. The minimum absolute atomic E-state index is 0.152. The highest BCUT2D eigenvalue weighted by Crippen LogP contribution is 2.04. The van der Waals surface area contributed by atoms with Gasteiger partial charge in [0, 0.05) is 13.2 Å². The number of aromatic nitrogens is 1. The van der Waals surface area contributed by atoms with Crippen LogP contribution in [0, 0.1) is 12.3 Å². The number of nitrogens with zero attached hydrogens (tertiary/aromatic N) is 1. The van der Waals surface area contributed by atoms with Gasteiger partial charge in [-0.3, -0.25) is 4.79 Å². The fraction of sp³-hybridized carbons (Fsp3) is 0.364. The van der Waals surface area contributed by atoms with Crippen molar-refractivity contribution in [3.05, 3.63) is 24.0 Å². The van der Waals surface area contributed by atoms with Crippen molar-refractivity contribution in [1.82, 2.24) is 9.88 Å². The number of rotatable bonds is 2. The SMILES string of the molecule is C#CC(C)(C)NC(=O)c1cccn1C. The second-order valence-electron chi connectivity index (χ2n) is 3.73. The molecule has 1 aromatic heterocycles. The van der Waals surface area contributed by atoms with E-state index in [2.05, 4.69) is 11.2 Å². The summed E-state index contributed by atoms with van der Waals surface area (Å²) < 4.78 is 1.75. The van der Waals surface area contributed by atoms with Crippen molar-refractivity contribution in [2.45, 2.75) is 19.4 Å². The van der Waals surface area contributed by atoms with Crippen molar-refractivity contribution < 1.29 is 4.79 Å². The second-order valence-corrected chi connectivity index (χ2v) is 3.73. The number of hydrogen-bond donors (Lipinski definition) is 1. The predicted molar refractivity (Wildman–Crippen MR) is 55.8 cm³/mol. The summed E-state index contributed by atoms with van der Waals surface area (Å²) in [5.41, 5.74) is -0.00484. The predicted octanol–water partition coefficient (Wildman–Crippen LogP) is 1.17. The normalized spacial score (nSPS) is 10.7. The van der Waals surface area contributed by atoms with Gasteiger partial charge in [-0.25, -0.2) is 0 Å². The van der Waals surface area contributed by atoms with Crippen LogP contribution in [0.4, 0.5) is 0 Å². The Morgan fingerprint density at radius 2 is 2.29 bits per heavy atom. The molecule has 0 aliphatic carbocycles. The maximum atomic E-state index is 11.7. The van der Waals surface area contributed by atoms with Crippen LogP contribution in [0.1, 0.15) is 24.3 Å². The van der Waals surface area contributed by atoms with Crippen LogP contribution in [0.5, 0.6) is 0 Å². The molecular formula is C11H14N2O. The average Bonchev–Trinajstić information content (AvgIpc) is 2.51. The van der Waals surface area contributed by atoms with Crippen molar-refractivity contribution in [1.29, 1.82) is 0 Å². The quantitative estimate of drug-likeness (QED) is 0.698. The molecule has 0 atom stereocenters. The highest BCUT2D eigenvalue weighted by atomic mass is 16.2. The van der Waals surface area contributed by atoms with Gasteiger partial charge in [-0.2, -0.15) is 0 Å². The molecule has 0 radical (unpaired) electrons. The zero-order valence-electron chi connectivity index (χ0n) is 8.66. The van der Waals surface area contributed by atoms with E-state index in [0.29, 0.717) is 5.69 Å². The van der Waals surface area contributed by atoms with E-state index in [4.69, 9.17) is 6.42 Å². The molecule has 1 N–H and O–H groups in total. The molecular weight excluding hydrogens is 176 g/mol. The Kier molecular flexibility index (Phi) is 2.66. The molecule has 0 bridgehead atoms. The van der Waals surface area contributed by atoms with Crippen LogP contribution in [0.3, 0.4) is 0 Å². The smallest absolute Gasteiger partial charge is 0.269 e. The second kappa shape index (κ2) is 3.59. The number of carbonyl (C=O) groups excluding carboxylic acids is 1. The van der Waals surface area contributed by atoms with Crippen LogP contribution in [-0.4, -0.2) is 16.0 Å². The Bertz CT molecular complexity index is 382. The van der Waals surface area contributed by atoms with E-state index in [1.165, 1.54) is 0 Å². The van der Waals surface area contributed by atoms with E-state index >= 15 is 0 Å². The molecule has 3 nitrogen and oxygen atoms in total. The van der Waals surface area contributed by atoms with Crippen LogP contribution in [-0.2, 0) is 7.05 Å². The first-order chi connectivity index (χ1) is 6.46. The average molecular weight is 190 g/mol. The van der Waals surface area contributed by atoms with E-state index < -0.39 is 5.54 Å². The fourth-order valence-electron chi connectivity index (χ4n) is 1.08. The monoisotopic (exact) mass is 190 g/mol. The molecule has 1 heterocycles. The zero-order chi connectivity index (χ0) is 10.8. The molecule has 74 valence electrons. The highest BCUT2D eigenvalue weighted by molar-refractivity contribution is 5.93. The molecule has 0 saturated heterocycles.